The topological polar surface area (TPSA) is 92.2 Å². The van der Waals surface area contributed by atoms with Gasteiger partial charge in [-0.3, -0.25) is 9.71 Å². The summed E-state index contributed by atoms with van der Waals surface area (Å²) >= 11 is 0. The monoisotopic (exact) mass is 279 g/mol. The van der Waals surface area contributed by atoms with Crippen LogP contribution in [0.3, 0.4) is 0 Å². The van der Waals surface area contributed by atoms with Crippen LogP contribution in [0.2, 0.25) is 0 Å². The summed E-state index contributed by atoms with van der Waals surface area (Å²) in [4.78, 5) is 7.69. The molecule has 0 fully saturated rings. The number of nitrogens with zero attached hydrogens (tertiary/aromatic N) is 2. The van der Waals surface area contributed by atoms with Crippen LogP contribution < -0.4 is 4.72 Å². The van der Waals surface area contributed by atoms with Crippen molar-refractivity contribution in [1.29, 1.82) is 0 Å². The second-order valence-corrected chi connectivity index (χ2v) is 5.63. The van der Waals surface area contributed by atoms with Gasteiger partial charge in [-0.15, -0.1) is 0 Å². The smallest absolute Gasteiger partial charge is 0.263 e. The standard InChI is InChI=1S/C12H13N3O3S/c1-9(16)10-3-2-4-11(7-10)19(17,18)15-12-8-13-5-6-14-12/h2-9,16H,1H3,(H,14,15). The summed E-state index contributed by atoms with van der Waals surface area (Å²) in [6.07, 6.45) is 3.43. The van der Waals surface area contributed by atoms with Gasteiger partial charge in [-0.1, -0.05) is 12.1 Å². The Hall–Kier alpha value is -1.99. The van der Waals surface area contributed by atoms with E-state index in [0.717, 1.165) is 0 Å². The molecule has 1 aromatic heterocycles. The predicted molar refractivity (Wildman–Crippen MR) is 69.9 cm³/mol. The highest BCUT2D eigenvalue weighted by Crippen LogP contribution is 2.18. The SMILES string of the molecule is CC(O)c1cccc(S(=O)(=O)Nc2cnccn2)c1. The first-order chi connectivity index (χ1) is 8.99. The van der Waals surface area contributed by atoms with Crippen molar-refractivity contribution >= 4 is 15.8 Å². The second kappa shape index (κ2) is 5.33. The van der Waals surface area contributed by atoms with Crippen LogP contribution in [0.1, 0.15) is 18.6 Å². The van der Waals surface area contributed by atoms with Crippen LogP contribution >= 0.6 is 0 Å². The van der Waals surface area contributed by atoms with E-state index in [2.05, 4.69) is 14.7 Å². The van der Waals surface area contributed by atoms with Crippen LogP contribution in [0.25, 0.3) is 0 Å². The van der Waals surface area contributed by atoms with E-state index in [1.54, 1.807) is 19.1 Å². The van der Waals surface area contributed by atoms with Crippen LogP contribution in [0.15, 0.2) is 47.8 Å². The molecule has 2 aromatic rings. The van der Waals surface area contributed by atoms with E-state index in [-0.39, 0.29) is 10.7 Å². The molecule has 6 nitrogen and oxygen atoms in total. The minimum Gasteiger partial charge on any atom is -0.389 e. The highest BCUT2D eigenvalue weighted by Gasteiger charge is 2.16. The van der Waals surface area contributed by atoms with Crippen LogP contribution in [-0.4, -0.2) is 23.5 Å². The molecule has 1 atom stereocenters. The van der Waals surface area contributed by atoms with Gasteiger partial charge >= 0.3 is 0 Å². The summed E-state index contributed by atoms with van der Waals surface area (Å²) in [5.41, 5.74) is 0.530. The van der Waals surface area contributed by atoms with Gasteiger partial charge in [-0.2, -0.15) is 0 Å². The summed E-state index contributed by atoms with van der Waals surface area (Å²) in [5.74, 6) is 0.143. The Kier molecular flexibility index (Phi) is 3.77. The first kappa shape index (κ1) is 13.4. The maximum absolute atomic E-state index is 12.1. The minimum atomic E-state index is -3.73. The van der Waals surface area contributed by atoms with Gasteiger partial charge < -0.3 is 5.11 Å². The summed E-state index contributed by atoms with van der Waals surface area (Å²) < 4.78 is 26.5. The van der Waals surface area contributed by atoms with Crippen molar-refractivity contribution in [3.63, 3.8) is 0 Å². The van der Waals surface area contributed by atoms with Crippen molar-refractivity contribution in [2.45, 2.75) is 17.9 Å². The van der Waals surface area contributed by atoms with E-state index >= 15 is 0 Å². The van der Waals surface area contributed by atoms with Crippen molar-refractivity contribution in [2.24, 2.45) is 0 Å². The lowest BCUT2D eigenvalue weighted by molar-refractivity contribution is 0.199. The Morgan fingerprint density at radius 2 is 2.11 bits per heavy atom. The molecular formula is C12H13N3O3S. The van der Waals surface area contributed by atoms with E-state index in [4.69, 9.17) is 0 Å². The van der Waals surface area contributed by atoms with Gasteiger partial charge in [0.2, 0.25) is 0 Å². The first-order valence-corrected chi connectivity index (χ1v) is 7.04. The van der Waals surface area contributed by atoms with Gasteiger partial charge in [0.25, 0.3) is 10.0 Å². The zero-order chi connectivity index (χ0) is 13.9. The molecule has 19 heavy (non-hydrogen) atoms. The number of nitrogens with one attached hydrogen (secondary N) is 1. The van der Waals surface area contributed by atoms with E-state index in [1.165, 1.54) is 30.7 Å². The van der Waals surface area contributed by atoms with Gasteiger partial charge in [0.05, 0.1) is 17.2 Å². The lowest BCUT2D eigenvalue weighted by Gasteiger charge is -2.09. The van der Waals surface area contributed by atoms with Crippen molar-refractivity contribution in [3.8, 4) is 0 Å². The number of sulfonamides is 1. The van der Waals surface area contributed by atoms with Crippen LogP contribution in [0.5, 0.6) is 0 Å². The molecule has 1 unspecified atom stereocenters. The highest BCUT2D eigenvalue weighted by molar-refractivity contribution is 7.92. The number of aliphatic hydroxyl groups is 1. The summed E-state index contributed by atoms with van der Waals surface area (Å²) in [5, 5.41) is 9.47. The lowest BCUT2D eigenvalue weighted by Crippen LogP contribution is -2.14. The first-order valence-electron chi connectivity index (χ1n) is 5.56. The van der Waals surface area contributed by atoms with Gasteiger partial charge in [-0.25, -0.2) is 13.4 Å². The van der Waals surface area contributed by atoms with E-state index in [0.29, 0.717) is 5.56 Å². The summed E-state index contributed by atoms with van der Waals surface area (Å²) in [7, 11) is -3.73. The van der Waals surface area contributed by atoms with E-state index < -0.39 is 16.1 Å². The molecule has 0 bridgehead atoms. The molecule has 0 saturated carbocycles. The van der Waals surface area contributed by atoms with Gasteiger partial charge in [0.15, 0.2) is 5.82 Å². The Labute approximate surface area is 111 Å². The third-order valence-electron chi connectivity index (χ3n) is 2.45. The predicted octanol–water partition coefficient (Wildman–Crippen LogP) is 1.33. The van der Waals surface area contributed by atoms with Crippen LogP contribution in [-0.2, 0) is 10.0 Å². The normalized spacial score (nSPS) is 12.9. The van der Waals surface area contributed by atoms with E-state index in [1.807, 2.05) is 0 Å². The molecule has 0 amide bonds. The number of aromatic nitrogens is 2. The zero-order valence-corrected chi connectivity index (χ0v) is 11.0. The second-order valence-electron chi connectivity index (χ2n) is 3.94. The average molecular weight is 279 g/mol. The minimum absolute atomic E-state index is 0.0663. The summed E-state index contributed by atoms with van der Waals surface area (Å²) in [6, 6.07) is 6.10. The molecule has 7 heteroatoms. The van der Waals surface area contributed by atoms with Gasteiger partial charge in [-0.05, 0) is 24.6 Å². The number of benzene rings is 1. The molecule has 0 radical (unpaired) electrons. The van der Waals surface area contributed by atoms with Gasteiger partial charge in [0.1, 0.15) is 0 Å². The maximum atomic E-state index is 12.1. The van der Waals surface area contributed by atoms with Crippen molar-refractivity contribution in [2.75, 3.05) is 4.72 Å². The van der Waals surface area contributed by atoms with Crippen molar-refractivity contribution in [1.82, 2.24) is 9.97 Å². The molecule has 1 aromatic carbocycles. The third kappa shape index (κ3) is 3.27. The quantitative estimate of drug-likeness (QED) is 0.880. The third-order valence-corrected chi connectivity index (χ3v) is 3.81. The molecule has 0 spiro atoms. The largest absolute Gasteiger partial charge is 0.389 e. The number of anilines is 1. The summed E-state index contributed by atoms with van der Waals surface area (Å²) in [6.45, 7) is 1.57. The molecule has 0 aliphatic heterocycles. The molecule has 1 heterocycles. The zero-order valence-electron chi connectivity index (χ0n) is 10.2. The molecule has 2 N–H and O–H groups in total. The Bertz CT molecular complexity index is 657. The fourth-order valence-corrected chi connectivity index (χ4v) is 2.54. The number of hydrogen-bond donors (Lipinski definition) is 2. The Balaban J connectivity index is 2.32. The van der Waals surface area contributed by atoms with E-state index in [9.17, 15) is 13.5 Å². The highest BCUT2D eigenvalue weighted by atomic mass is 32.2. The van der Waals surface area contributed by atoms with Crippen molar-refractivity contribution < 1.29 is 13.5 Å². The fraction of sp³-hybridized carbons (Fsp3) is 0.167. The molecule has 100 valence electrons. The van der Waals surface area contributed by atoms with Crippen LogP contribution in [0, 0.1) is 0 Å². The molecule has 2 rings (SSSR count). The average Bonchev–Trinajstić information content (AvgIpc) is 2.39. The molecule has 0 aliphatic rings. The number of aliphatic hydroxyl groups excluding tert-OH is 1. The maximum Gasteiger partial charge on any atom is 0.263 e. The lowest BCUT2D eigenvalue weighted by atomic mass is 10.1. The Morgan fingerprint density at radius 3 is 2.74 bits per heavy atom. The van der Waals surface area contributed by atoms with Crippen molar-refractivity contribution in [3.05, 3.63) is 48.4 Å². The Morgan fingerprint density at radius 1 is 1.32 bits per heavy atom. The number of rotatable bonds is 4. The number of hydrogen-bond acceptors (Lipinski definition) is 5. The molecule has 0 saturated heterocycles. The van der Waals surface area contributed by atoms with Gasteiger partial charge in [0, 0.05) is 12.4 Å². The molecule has 0 aliphatic carbocycles. The van der Waals surface area contributed by atoms with Crippen LogP contribution in [0.4, 0.5) is 5.82 Å². The fourth-order valence-electron chi connectivity index (χ4n) is 1.49. The molecular weight excluding hydrogens is 266 g/mol.